The fourth-order valence-corrected chi connectivity index (χ4v) is 4.81. The number of fused-ring (bicyclic) bond motifs is 1. The molecule has 2 aliphatic rings. The molecule has 1 saturated heterocycles. The van der Waals surface area contributed by atoms with Crippen LogP contribution in [0.25, 0.3) is 0 Å². The first-order valence-electron chi connectivity index (χ1n) is 7.73. The van der Waals surface area contributed by atoms with E-state index < -0.39 is 29.3 Å². The molecule has 0 spiro atoms. The van der Waals surface area contributed by atoms with Crippen molar-refractivity contribution in [2.24, 2.45) is 0 Å². The minimum Gasteiger partial charge on any atom is -0.477 e. The molecule has 0 aliphatic carbocycles. The highest BCUT2D eigenvalue weighted by Crippen LogP contribution is 2.40. The Kier molecular flexibility index (Phi) is 5.33. The molecular weight excluding hydrogens is 380 g/mol. The Balaban J connectivity index is 1.69. The molecule has 2 atom stereocenters. The van der Waals surface area contributed by atoms with Crippen molar-refractivity contribution in [3.63, 3.8) is 0 Å². The highest BCUT2D eigenvalue weighted by Gasteiger charge is 2.54. The number of hydrogen-bond donors (Lipinski definition) is 2. The van der Waals surface area contributed by atoms with E-state index in [9.17, 15) is 24.3 Å². The topological polar surface area (TPSA) is 113 Å². The maximum atomic E-state index is 12.4. The lowest BCUT2D eigenvalue weighted by atomic mass is 10.0. The molecule has 3 heterocycles. The van der Waals surface area contributed by atoms with Gasteiger partial charge >= 0.3 is 11.9 Å². The van der Waals surface area contributed by atoms with Gasteiger partial charge in [-0.15, -0.1) is 23.1 Å². The van der Waals surface area contributed by atoms with Gasteiger partial charge in [-0.1, -0.05) is 6.07 Å². The molecule has 0 aromatic carbocycles. The predicted octanol–water partition coefficient (Wildman–Crippen LogP) is 0.592. The van der Waals surface area contributed by atoms with Gasteiger partial charge in [-0.05, 0) is 11.4 Å². The number of carbonyl (C=O) groups excluding carboxylic acids is 3. The van der Waals surface area contributed by atoms with Gasteiger partial charge in [0.25, 0.3) is 5.91 Å². The molecule has 1 fully saturated rings. The number of thioether (sulfide) groups is 1. The molecular formula is C16H16N2O6S2. The molecule has 2 aliphatic heterocycles. The molecule has 138 valence electrons. The van der Waals surface area contributed by atoms with E-state index in [0.717, 1.165) is 9.78 Å². The van der Waals surface area contributed by atoms with Crippen LogP contribution >= 0.6 is 23.1 Å². The summed E-state index contributed by atoms with van der Waals surface area (Å²) in [5.74, 6) is -2.23. The van der Waals surface area contributed by atoms with Crippen LogP contribution in [0.1, 0.15) is 11.8 Å². The van der Waals surface area contributed by atoms with Crippen LogP contribution in [0, 0.1) is 0 Å². The summed E-state index contributed by atoms with van der Waals surface area (Å²) in [5.41, 5.74) is 0.203. The van der Waals surface area contributed by atoms with Crippen LogP contribution in [0.3, 0.4) is 0 Å². The largest absolute Gasteiger partial charge is 0.477 e. The smallest absolute Gasteiger partial charge is 0.352 e. The van der Waals surface area contributed by atoms with E-state index in [1.165, 1.54) is 30.0 Å². The first-order chi connectivity index (χ1) is 12.4. The average molecular weight is 396 g/mol. The molecule has 2 N–H and O–H groups in total. The van der Waals surface area contributed by atoms with Crippen LogP contribution in [0.15, 0.2) is 28.8 Å². The highest BCUT2D eigenvalue weighted by atomic mass is 32.2. The minimum absolute atomic E-state index is 0.163. The van der Waals surface area contributed by atoms with E-state index in [4.69, 9.17) is 4.74 Å². The lowest BCUT2D eigenvalue weighted by Crippen LogP contribution is -2.70. The van der Waals surface area contributed by atoms with Crippen molar-refractivity contribution in [1.29, 1.82) is 0 Å². The van der Waals surface area contributed by atoms with Crippen molar-refractivity contribution >= 4 is 46.9 Å². The number of hydrogen-bond acceptors (Lipinski definition) is 7. The Morgan fingerprint density at radius 2 is 2.19 bits per heavy atom. The van der Waals surface area contributed by atoms with Crippen molar-refractivity contribution in [2.75, 3.05) is 12.4 Å². The zero-order valence-corrected chi connectivity index (χ0v) is 15.4. The molecule has 1 unspecified atom stereocenters. The Morgan fingerprint density at radius 1 is 1.42 bits per heavy atom. The van der Waals surface area contributed by atoms with Gasteiger partial charge in [0.05, 0.1) is 6.42 Å². The number of carboxylic acids is 1. The zero-order chi connectivity index (χ0) is 18.8. The third-order valence-electron chi connectivity index (χ3n) is 3.93. The van der Waals surface area contributed by atoms with E-state index in [-0.39, 0.29) is 24.6 Å². The quantitative estimate of drug-likeness (QED) is 0.534. The van der Waals surface area contributed by atoms with Crippen molar-refractivity contribution in [1.82, 2.24) is 10.2 Å². The fraction of sp³-hybridized carbons (Fsp3) is 0.375. The number of nitrogens with zero attached hydrogens (tertiary/aromatic N) is 1. The van der Waals surface area contributed by atoms with Crippen molar-refractivity contribution < 1.29 is 29.0 Å². The fourth-order valence-electron chi connectivity index (χ4n) is 2.78. The first-order valence-corrected chi connectivity index (χ1v) is 9.66. The number of ether oxygens (including phenoxy) is 1. The summed E-state index contributed by atoms with van der Waals surface area (Å²) in [5, 5.41) is 13.5. The second kappa shape index (κ2) is 7.50. The van der Waals surface area contributed by atoms with E-state index in [2.05, 4.69) is 5.32 Å². The number of nitrogens with one attached hydrogen (secondary N) is 1. The maximum absolute atomic E-state index is 12.4. The Labute approximate surface area is 157 Å². The van der Waals surface area contributed by atoms with E-state index in [1.807, 2.05) is 17.5 Å². The van der Waals surface area contributed by atoms with Gasteiger partial charge in [0, 0.05) is 23.1 Å². The van der Waals surface area contributed by atoms with Crippen LogP contribution in [0.4, 0.5) is 0 Å². The normalized spacial score (nSPS) is 21.7. The van der Waals surface area contributed by atoms with E-state index in [1.54, 1.807) is 0 Å². The number of rotatable bonds is 6. The van der Waals surface area contributed by atoms with E-state index in [0.29, 0.717) is 11.3 Å². The standard InChI is InChI=1S/C16H16N2O6S2/c1-8(19)24-6-9-7-26-15-12(14(21)18(15)13(9)16(22)23)17-11(20)5-10-3-2-4-25-10/h2-4,12,15H,5-7H2,1H3,(H,17,20)(H,22,23)/t12?,15-/m0/s1. The molecule has 1 aromatic rings. The number of carboxylic acid groups (broad SMARTS) is 1. The molecule has 0 radical (unpaired) electrons. The second-order valence-electron chi connectivity index (χ2n) is 5.75. The number of carbonyl (C=O) groups is 4. The highest BCUT2D eigenvalue weighted by molar-refractivity contribution is 8.00. The lowest BCUT2D eigenvalue weighted by Gasteiger charge is -2.49. The molecule has 1 aromatic heterocycles. The molecule has 8 nitrogen and oxygen atoms in total. The van der Waals surface area contributed by atoms with Gasteiger partial charge in [-0.2, -0.15) is 0 Å². The molecule has 3 rings (SSSR count). The number of β-lactam (4-membered cyclic amide) rings is 1. The average Bonchev–Trinajstić information content (AvgIpc) is 3.09. The zero-order valence-electron chi connectivity index (χ0n) is 13.8. The van der Waals surface area contributed by atoms with Crippen molar-refractivity contribution in [3.05, 3.63) is 33.7 Å². The summed E-state index contributed by atoms with van der Waals surface area (Å²) >= 11 is 2.79. The van der Waals surface area contributed by atoms with Crippen LogP contribution in [-0.4, -0.2) is 57.5 Å². The predicted molar refractivity (Wildman–Crippen MR) is 94.3 cm³/mol. The molecule has 0 bridgehead atoms. The number of amides is 2. The summed E-state index contributed by atoms with van der Waals surface area (Å²) in [6, 6.07) is 2.92. The Morgan fingerprint density at radius 3 is 2.81 bits per heavy atom. The first kappa shape index (κ1) is 18.5. The summed E-state index contributed by atoms with van der Waals surface area (Å²) < 4.78 is 4.87. The van der Waals surface area contributed by atoms with Crippen LogP contribution < -0.4 is 5.32 Å². The van der Waals surface area contributed by atoms with Gasteiger partial charge in [0.2, 0.25) is 5.91 Å². The molecule has 0 saturated carbocycles. The monoisotopic (exact) mass is 396 g/mol. The second-order valence-corrected chi connectivity index (χ2v) is 7.89. The maximum Gasteiger partial charge on any atom is 0.352 e. The van der Waals surface area contributed by atoms with Crippen LogP contribution in [0.5, 0.6) is 0 Å². The van der Waals surface area contributed by atoms with E-state index >= 15 is 0 Å². The van der Waals surface area contributed by atoms with Gasteiger partial charge in [0.15, 0.2) is 0 Å². The summed E-state index contributed by atoms with van der Waals surface area (Å²) in [7, 11) is 0. The van der Waals surface area contributed by atoms with Crippen LogP contribution in [0.2, 0.25) is 0 Å². The SMILES string of the molecule is CC(=O)OCC1=C(C(=O)O)N2C(=O)C(NC(=O)Cc3cccs3)[C@@H]2SC1. The summed E-state index contributed by atoms with van der Waals surface area (Å²) in [4.78, 5) is 49.2. The van der Waals surface area contributed by atoms with Crippen molar-refractivity contribution in [3.8, 4) is 0 Å². The molecule has 26 heavy (non-hydrogen) atoms. The summed E-state index contributed by atoms with van der Waals surface area (Å²) in [6.45, 7) is 1.06. The third-order valence-corrected chi connectivity index (χ3v) is 6.15. The van der Waals surface area contributed by atoms with Gasteiger partial charge in [-0.25, -0.2) is 4.79 Å². The van der Waals surface area contributed by atoms with Gasteiger partial charge in [-0.3, -0.25) is 19.3 Å². The number of esters is 1. The Bertz CT molecular complexity index is 789. The number of aliphatic carboxylic acids is 1. The van der Waals surface area contributed by atoms with Gasteiger partial charge in [0.1, 0.15) is 23.7 Å². The Hall–Kier alpha value is -2.33. The molecule has 10 heteroatoms. The van der Waals surface area contributed by atoms with Gasteiger partial charge < -0.3 is 15.2 Å². The van der Waals surface area contributed by atoms with Crippen LogP contribution in [-0.2, 0) is 30.3 Å². The molecule has 2 amide bonds. The van der Waals surface area contributed by atoms with Crippen molar-refractivity contribution in [2.45, 2.75) is 24.8 Å². The minimum atomic E-state index is -1.26. The third kappa shape index (κ3) is 3.61. The number of thiophene rings is 1. The summed E-state index contributed by atoms with van der Waals surface area (Å²) in [6.07, 6.45) is 0.179. The lowest BCUT2D eigenvalue weighted by molar-refractivity contribution is -0.151.